The van der Waals surface area contributed by atoms with Gasteiger partial charge in [-0.25, -0.2) is 0 Å². The van der Waals surface area contributed by atoms with E-state index in [-0.39, 0.29) is 45.3 Å². The highest BCUT2D eigenvalue weighted by atomic mass is 16.2. The molecule has 0 radical (unpaired) electrons. The number of anilines is 2. The quantitative estimate of drug-likeness (QED) is 0.567. The van der Waals surface area contributed by atoms with Gasteiger partial charge in [-0.1, -0.05) is 47.6 Å². The van der Waals surface area contributed by atoms with Crippen LogP contribution in [0.5, 0.6) is 0 Å². The molecule has 5 rings (SSSR count). The maximum absolute atomic E-state index is 13.2. The third-order valence-corrected chi connectivity index (χ3v) is 11.6. The maximum Gasteiger partial charge on any atom is 0.228 e. The molecule has 1 aromatic carbocycles. The molecule has 0 heterocycles. The van der Waals surface area contributed by atoms with Crippen LogP contribution in [0.4, 0.5) is 11.4 Å². The Morgan fingerprint density at radius 1 is 0.750 bits per heavy atom. The Morgan fingerprint density at radius 2 is 1.16 bits per heavy atom. The number of benzene rings is 1. The monoisotopic (exact) mass is 436 g/mol. The lowest BCUT2D eigenvalue weighted by Gasteiger charge is -2.38. The minimum Gasteiger partial charge on any atom is -0.326 e. The van der Waals surface area contributed by atoms with E-state index >= 15 is 0 Å². The summed E-state index contributed by atoms with van der Waals surface area (Å²) >= 11 is 0. The van der Waals surface area contributed by atoms with Gasteiger partial charge in [0.2, 0.25) is 11.8 Å². The maximum atomic E-state index is 13.2. The summed E-state index contributed by atoms with van der Waals surface area (Å²) in [6, 6.07) is 7.69. The zero-order valence-corrected chi connectivity index (χ0v) is 20.7. The second kappa shape index (κ2) is 6.84. The summed E-state index contributed by atoms with van der Waals surface area (Å²) in [5.41, 5.74) is 2.12. The summed E-state index contributed by atoms with van der Waals surface area (Å²) in [6.07, 6.45) is 6.73. The Bertz CT molecular complexity index is 893. The zero-order chi connectivity index (χ0) is 23.1. The van der Waals surface area contributed by atoms with Crippen molar-refractivity contribution in [3.63, 3.8) is 0 Å². The third kappa shape index (κ3) is 2.80. The van der Waals surface area contributed by atoms with Gasteiger partial charge in [-0.15, -0.1) is 0 Å². The van der Waals surface area contributed by atoms with E-state index in [1.165, 1.54) is 12.8 Å². The molecule has 2 amide bonds. The second-order valence-electron chi connectivity index (χ2n) is 12.9. The first-order valence-corrected chi connectivity index (χ1v) is 12.6. The Hall–Kier alpha value is -1.84. The smallest absolute Gasteiger partial charge is 0.228 e. The van der Waals surface area contributed by atoms with Gasteiger partial charge >= 0.3 is 0 Å². The van der Waals surface area contributed by atoms with Crippen LogP contribution < -0.4 is 10.6 Å². The molecule has 32 heavy (non-hydrogen) atoms. The average molecular weight is 437 g/mol. The number of rotatable bonds is 4. The SMILES string of the molecule is CC1(C)C2CCC1(C)C(C(=O)Nc1cccc(NC(=O)C3CC4CCC3(C)C4(C)C)c1)C2. The lowest BCUT2D eigenvalue weighted by Crippen LogP contribution is -2.39. The van der Waals surface area contributed by atoms with E-state index in [1.807, 2.05) is 24.3 Å². The summed E-state index contributed by atoms with van der Waals surface area (Å²) in [5.74, 6) is 1.67. The fourth-order valence-electron chi connectivity index (χ4n) is 8.33. The molecule has 4 heteroatoms. The van der Waals surface area contributed by atoms with Gasteiger partial charge in [-0.3, -0.25) is 9.59 Å². The summed E-state index contributed by atoms with van der Waals surface area (Å²) in [4.78, 5) is 26.5. The molecular formula is C28H40N2O2. The number of amides is 2. The van der Waals surface area contributed by atoms with Crippen molar-refractivity contribution in [1.29, 1.82) is 0 Å². The summed E-state index contributed by atoms with van der Waals surface area (Å²) in [5, 5.41) is 6.34. The van der Waals surface area contributed by atoms with Crippen LogP contribution in [-0.2, 0) is 9.59 Å². The molecule has 4 bridgehead atoms. The van der Waals surface area contributed by atoms with E-state index in [0.29, 0.717) is 11.8 Å². The van der Waals surface area contributed by atoms with Crippen molar-refractivity contribution in [3.8, 4) is 0 Å². The predicted molar refractivity (Wildman–Crippen MR) is 129 cm³/mol. The normalized spacial score (nSPS) is 40.4. The highest BCUT2D eigenvalue weighted by Crippen LogP contribution is 2.69. The number of nitrogens with one attached hydrogen (secondary N) is 2. The van der Waals surface area contributed by atoms with Gasteiger partial charge < -0.3 is 10.6 Å². The van der Waals surface area contributed by atoms with Gasteiger partial charge in [-0.05, 0) is 90.2 Å². The molecule has 0 spiro atoms. The van der Waals surface area contributed by atoms with Gasteiger partial charge in [0.1, 0.15) is 0 Å². The van der Waals surface area contributed by atoms with Gasteiger partial charge in [-0.2, -0.15) is 0 Å². The van der Waals surface area contributed by atoms with Gasteiger partial charge in [0, 0.05) is 23.2 Å². The average Bonchev–Trinajstić information content (AvgIpc) is 3.25. The minimum absolute atomic E-state index is 0.0608. The number of hydrogen-bond donors (Lipinski definition) is 2. The van der Waals surface area contributed by atoms with Crippen molar-refractivity contribution in [3.05, 3.63) is 24.3 Å². The molecule has 4 nitrogen and oxygen atoms in total. The lowest BCUT2D eigenvalue weighted by atomic mass is 9.66. The van der Waals surface area contributed by atoms with Gasteiger partial charge in [0.25, 0.3) is 0 Å². The molecule has 6 atom stereocenters. The molecule has 4 fully saturated rings. The largest absolute Gasteiger partial charge is 0.326 e. The standard InChI is InChI=1S/C28H40N2O2/c1-25(2)17-10-12-27(25,5)21(14-17)23(31)29-19-8-7-9-20(16-19)30-24(32)22-15-18-11-13-28(22,6)26(18,3)4/h7-9,16-18,21-22H,10-15H2,1-6H3,(H,29,31)(H,30,32). The van der Waals surface area contributed by atoms with Gasteiger partial charge in [0.05, 0.1) is 0 Å². The van der Waals surface area contributed by atoms with Crippen LogP contribution in [0, 0.1) is 45.3 Å². The molecule has 4 aliphatic carbocycles. The zero-order valence-electron chi connectivity index (χ0n) is 20.7. The molecule has 1 aromatic rings. The molecule has 2 N–H and O–H groups in total. The van der Waals surface area contributed by atoms with E-state index in [2.05, 4.69) is 52.2 Å². The Balaban J connectivity index is 1.27. The number of hydrogen-bond acceptors (Lipinski definition) is 2. The van der Waals surface area contributed by atoms with Crippen LogP contribution in [0.3, 0.4) is 0 Å². The Morgan fingerprint density at radius 3 is 1.47 bits per heavy atom. The van der Waals surface area contributed by atoms with E-state index in [9.17, 15) is 9.59 Å². The van der Waals surface area contributed by atoms with E-state index in [0.717, 1.165) is 37.1 Å². The summed E-state index contributed by atoms with van der Waals surface area (Å²) in [6.45, 7) is 14.0. The van der Waals surface area contributed by atoms with Crippen LogP contribution in [0.1, 0.15) is 80.1 Å². The van der Waals surface area contributed by atoms with Crippen LogP contribution in [0.2, 0.25) is 0 Å². The van der Waals surface area contributed by atoms with Crippen molar-refractivity contribution in [1.82, 2.24) is 0 Å². The predicted octanol–water partition coefficient (Wildman–Crippen LogP) is 6.49. The first kappa shape index (κ1) is 22.0. The van der Waals surface area contributed by atoms with Crippen LogP contribution in [0.25, 0.3) is 0 Å². The number of carbonyl (C=O) groups is 2. The van der Waals surface area contributed by atoms with Crippen LogP contribution in [-0.4, -0.2) is 11.8 Å². The summed E-state index contributed by atoms with van der Waals surface area (Å²) < 4.78 is 0. The first-order chi connectivity index (χ1) is 14.9. The highest BCUT2D eigenvalue weighted by molar-refractivity contribution is 5.96. The molecule has 174 valence electrons. The molecule has 6 unspecified atom stereocenters. The summed E-state index contributed by atoms with van der Waals surface area (Å²) in [7, 11) is 0. The van der Waals surface area contributed by atoms with Crippen molar-refractivity contribution < 1.29 is 9.59 Å². The Kier molecular flexibility index (Phi) is 4.69. The van der Waals surface area contributed by atoms with Crippen molar-refractivity contribution in [2.45, 2.75) is 80.1 Å². The van der Waals surface area contributed by atoms with Crippen LogP contribution in [0.15, 0.2) is 24.3 Å². The van der Waals surface area contributed by atoms with Crippen LogP contribution >= 0.6 is 0 Å². The van der Waals surface area contributed by atoms with E-state index < -0.39 is 0 Å². The Labute approximate surface area is 193 Å². The third-order valence-electron chi connectivity index (χ3n) is 11.6. The second-order valence-corrected chi connectivity index (χ2v) is 12.9. The molecule has 0 aromatic heterocycles. The van der Waals surface area contributed by atoms with Crippen molar-refractivity contribution in [2.75, 3.05) is 10.6 Å². The van der Waals surface area contributed by atoms with Gasteiger partial charge in [0.15, 0.2) is 0 Å². The topological polar surface area (TPSA) is 58.2 Å². The molecule has 0 aliphatic heterocycles. The highest BCUT2D eigenvalue weighted by Gasteiger charge is 2.64. The molecule has 0 saturated heterocycles. The molecule has 4 saturated carbocycles. The number of fused-ring (bicyclic) bond motifs is 4. The van der Waals surface area contributed by atoms with E-state index in [4.69, 9.17) is 0 Å². The fourth-order valence-corrected chi connectivity index (χ4v) is 8.33. The van der Waals surface area contributed by atoms with Crippen molar-refractivity contribution in [2.24, 2.45) is 45.3 Å². The molecule has 4 aliphatic rings. The van der Waals surface area contributed by atoms with E-state index in [1.54, 1.807) is 0 Å². The fraction of sp³-hybridized carbons (Fsp3) is 0.714. The number of carbonyl (C=O) groups excluding carboxylic acids is 2. The minimum atomic E-state index is 0.0608. The lowest BCUT2D eigenvalue weighted by molar-refractivity contribution is -0.125. The van der Waals surface area contributed by atoms with Crippen molar-refractivity contribution >= 4 is 23.2 Å². The molecular weight excluding hydrogens is 396 g/mol. The first-order valence-electron chi connectivity index (χ1n) is 12.6.